The van der Waals surface area contributed by atoms with Crippen molar-refractivity contribution < 1.29 is 18.0 Å². The van der Waals surface area contributed by atoms with E-state index >= 15 is 0 Å². The van der Waals surface area contributed by atoms with Crippen LogP contribution in [0.15, 0.2) is 22.7 Å². The number of rotatable bonds is 4. The fraction of sp³-hybridized carbons (Fsp3) is 0.417. The Morgan fingerprint density at radius 2 is 2.11 bits per heavy atom. The van der Waals surface area contributed by atoms with Crippen LogP contribution in [0.3, 0.4) is 0 Å². The summed E-state index contributed by atoms with van der Waals surface area (Å²) in [5.41, 5.74) is -1.38. The van der Waals surface area contributed by atoms with Gasteiger partial charge in [0, 0.05) is 11.0 Å². The second-order valence-electron chi connectivity index (χ2n) is 3.90. The first kappa shape index (κ1) is 16.3. The van der Waals surface area contributed by atoms with Gasteiger partial charge in [0.25, 0.3) is 5.91 Å². The standard InChI is InChI=1S/C12H12BrClF3NO/c1-2-8(14)6-18-11(19)9-4-3-7(13)5-10(9)12(15,16)17/h3-5,8H,2,6H2,1H3,(H,18,19). The minimum Gasteiger partial charge on any atom is -0.351 e. The van der Waals surface area contributed by atoms with Gasteiger partial charge in [0.2, 0.25) is 0 Å². The molecule has 0 saturated carbocycles. The molecule has 0 radical (unpaired) electrons. The number of amides is 1. The van der Waals surface area contributed by atoms with Crippen LogP contribution in [0.4, 0.5) is 13.2 Å². The second-order valence-corrected chi connectivity index (χ2v) is 5.44. The zero-order chi connectivity index (χ0) is 14.6. The maximum Gasteiger partial charge on any atom is 0.417 e. The number of hydrogen-bond acceptors (Lipinski definition) is 1. The largest absolute Gasteiger partial charge is 0.417 e. The smallest absolute Gasteiger partial charge is 0.351 e. The average molecular weight is 359 g/mol. The monoisotopic (exact) mass is 357 g/mol. The van der Waals surface area contributed by atoms with Crippen LogP contribution in [0.5, 0.6) is 0 Å². The normalized spacial score (nSPS) is 13.2. The quantitative estimate of drug-likeness (QED) is 0.803. The maximum absolute atomic E-state index is 12.8. The van der Waals surface area contributed by atoms with E-state index in [1.54, 1.807) is 0 Å². The molecule has 0 spiro atoms. The average Bonchev–Trinajstić information content (AvgIpc) is 2.34. The van der Waals surface area contributed by atoms with Crippen molar-refractivity contribution in [2.24, 2.45) is 0 Å². The summed E-state index contributed by atoms with van der Waals surface area (Å²) < 4.78 is 38.7. The summed E-state index contributed by atoms with van der Waals surface area (Å²) in [6.07, 6.45) is -3.96. The number of carbonyl (C=O) groups is 1. The minimum absolute atomic E-state index is 0.129. The van der Waals surface area contributed by atoms with E-state index in [1.165, 1.54) is 6.07 Å². The summed E-state index contributed by atoms with van der Waals surface area (Å²) >= 11 is 8.77. The predicted octanol–water partition coefficient (Wildman–Crippen LogP) is 4.22. The molecule has 0 aliphatic carbocycles. The molecule has 1 aromatic rings. The highest BCUT2D eigenvalue weighted by Gasteiger charge is 2.35. The lowest BCUT2D eigenvalue weighted by atomic mass is 10.1. The number of benzene rings is 1. The molecule has 0 fully saturated rings. The molecule has 0 heterocycles. The van der Waals surface area contributed by atoms with Crippen LogP contribution in [-0.4, -0.2) is 17.8 Å². The van der Waals surface area contributed by atoms with Gasteiger partial charge in [-0.15, -0.1) is 11.6 Å². The van der Waals surface area contributed by atoms with Crippen LogP contribution in [0, 0.1) is 0 Å². The number of nitrogens with one attached hydrogen (secondary N) is 1. The molecule has 7 heteroatoms. The number of halogens is 5. The Kier molecular flexibility index (Phi) is 5.67. The van der Waals surface area contributed by atoms with E-state index in [4.69, 9.17) is 11.6 Å². The zero-order valence-corrected chi connectivity index (χ0v) is 12.4. The predicted molar refractivity (Wildman–Crippen MR) is 71.4 cm³/mol. The third-order valence-corrected chi connectivity index (χ3v) is 3.41. The van der Waals surface area contributed by atoms with Gasteiger partial charge in [0.05, 0.1) is 16.5 Å². The SMILES string of the molecule is CCC(Cl)CNC(=O)c1ccc(Br)cc1C(F)(F)F. The second kappa shape index (κ2) is 6.61. The van der Waals surface area contributed by atoms with Crippen molar-refractivity contribution in [3.8, 4) is 0 Å². The molecule has 106 valence electrons. The fourth-order valence-corrected chi connectivity index (χ4v) is 1.83. The van der Waals surface area contributed by atoms with E-state index < -0.39 is 23.2 Å². The van der Waals surface area contributed by atoms with Crippen LogP contribution < -0.4 is 5.32 Å². The number of carbonyl (C=O) groups excluding carboxylic acids is 1. The first-order chi connectivity index (χ1) is 8.75. The van der Waals surface area contributed by atoms with Gasteiger partial charge in [-0.25, -0.2) is 0 Å². The van der Waals surface area contributed by atoms with Gasteiger partial charge in [-0.2, -0.15) is 13.2 Å². The summed E-state index contributed by atoms with van der Waals surface area (Å²) in [7, 11) is 0. The summed E-state index contributed by atoms with van der Waals surface area (Å²) in [5.74, 6) is -0.779. The van der Waals surface area contributed by atoms with Gasteiger partial charge in [-0.05, 0) is 24.6 Å². The van der Waals surface area contributed by atoms with E-state index in [0.717, 1.165) is 12.1 Å². The third kappa shape index (κ3) is 4.69. The molecule has 1 unspecified atom stereocenters. The van der Waals surface area contributed by atoms with Crippen LogP contribution in [-0.2, 0) is 6.18 Å². The Morgan fingerprint density at radius 3 is 2.63 bits per heavy atom. The Bertz CT molecular complexity index is 465. The van der Waals surface area contributed by atoms with Crippen LogP contribution in [0.1, 0.15) is 29.3 Å². The molecular formula is C12H12BrClF3NO. The van der Waals surface area contributed by atoms with Crippen molar-refractivity contribution in [3.63, 3.8) is 0 Å². The number of alkyl halides is 4. The summed E-state index contributed by atoms with van der Waals surface area (Å²) in [6.45, 7) is 1.95. The molecular weight excluding hydrogens is 346 g/mol. The van der Waals surface area contributed by atoms with Crippen molar-refractivity contribution >= 4 is 33.4 Å². The van der Waals surface area contributed by atoms with Crippen LogP contribution in [0.25, 0.3) is 0 Å². The molecule has 2 nitrogen and oxygen atoms in total. The molecule has 1 N–H and O–H groups in total. The van der Waals surface area contributed by atoms with Crippen molar-refractivity contribution in [2.45, 2.75) is 24.9 Å². The Labute approximate surface area is 122 Å². The van der Waals surface area contributed by atoms with Crippen LogP contribution >= 0.6 is 27.5 Å². The summed E-state index contributed by atoms with van der Waals surface area (Å²) in [6, 6.07) is 3.41. The molecule has 0 bridgehead atoms. The van der Waals surface area contributed by atoms with E-state index in [2.05, 4.69) is 21.2 Å². The van der Waals surface area contributed by atoms with Gasteiger partial charge in [-0.3, -0.25) is 4.79 Å². The van der Waals surface area contributed by atoms with Gasteiger partial charge in [0.1, 0.15) is 0 Å². The first-order valence-electron chi connectivity index (χ1n) is 5.54. The first-order valence-corrected chi connectivity index (χ1v) is 6.77. The van der Waals surface area contributed by atoms with Crippen molar-refractivity contribution in [1.29, 1.82) is 0 Å². The minimum atomic E-state index is -4.58. The molecule has 0 aliphatic heterocycles. The highest BCUT2D eigenvalue weighted by atomic mass is 79.9. The maximum atomic E-state index is 12.8. The van der Waals surface area contributed by atoms with E-state index in [-0.39, 0.29) is 16.4 Å². The van der Waals surface area contributed by atoms with Crippen LogP contribution in [0.2, 0.25) is 0 Å². The molecule has 1 rings (SSSR count). The van der Waals surface area contributed by atoms with Gasteiger partial charge in [0.15, 0.2) is 0 Å². The molecule has 0 saturated heterocycles. The molecule has 1 amide bonds. The lowest BCUT2D eigenvalue weighted by Gasteiger charge is -2.14. The topological polar surface area (TPSA) is 29.1 Å². The highest BCUT2D eigenvalue weighted by Crippen LogP contribution is 2.33. The number of hydrogen-bond donors (Lipinski definition) is 1. The summed E-state index contributed by atoms with van der Waals surface area (Å²) in [5, 5.41) is 2.10. The zero-order valence-electron chi connectivity index (χ0n) is 10.0. The summed E-state index contributed by atoms with van der Waals surface area (Å²) in [4.78, 5) is 11.8. The lowest BCUT2D eigenvalue weighted by molar-refractivity contribution is -0.138. The van der Waals surface area contributed by atoms with E-state index in [9.17, 15) is 18.0 Å². The Hall–Kier alpha value is -0.750. The lowest BCUT2D eigenvalue weighted by Crippen LogP contribution is -2.31. The van der Waals surface area contributed by atoms with Crippen molar-refractivity contribution in [1.82, 2.24) is 5.32 Å². The Morgan fingerprint density at radius 1 is 1.47 bits per heavy atom. The van der Waals surface area contributed by atoms with Crippen molar-refractivity contribution in [3.05, 3.63) is 33.8 Å². The molecule has 0 aromatic heterocycles. The van der Waals surface area contributed by atoms with Gasteiger partial charge < -0.3 is 5.32 Å². The molecule has 19 heavy (non-hydrogen) atoms. The van der Waals surface area contributed by atoms with E-state index in [0.29, 0.717) is 6.42 Å². The van der Waals surface area contributed by atoms with Gasteiger partial charge in [-0.1, -0.05) is 22.9 Å². The molecule has 0 aliphatic rings. The highest BCUT2D eigenvalue weighted by molar-refractivity contribution is 9.10. The Balaban J connectivity index is 2.97. The third-order valence-electron chi connectivity index (χ3n) is 2.46. The molecule has 1 aromatic carbocycles. The van der Waals surface area contributed by atoms with E-state index in [1.807, 2.05) is 6.92 Å². The van der Waals surface area contributed by atoms with Crippen molar-refractivity contribution in [2.75, 3.05) is 6.54 Å². The molecule has 1 atom stereocenters. The fourth-order valence-electron chi connectivity index (χ4n) is 1.39. The van der Waals surface area contributed by atoms with Gasteiger partial charge >= 0.3 is 6.18 Å².